The summed E-state index contributed by atoms with van der Waals surface area (Å²) in [5.41, 5.74) is 0.861. The van der Waals surface area contributed by atoms with Crippen LogP contribution in [0.1, 0.15) is 50.3 Å². The second-order valence-electron chi connectivity index (χ2n) is 5.30. The van der Waals surface area contributed by atoms with Gasteiger partial charge in [-0.2, -0.15) is 0 Å². The molecule has 0 aromatic carbocycles. The third kappa shape index (κ3) is 3.15. The molecular weight excluding hydrogens is 287 g/mol. The Bertz CT molecular complexity index is 549. The monoisotopic (exact) mass is 310 g/mol. The van der Waals surface area contributed by atoms with Crippen LogP contribution in [-0.4, -0.2) is 31.2 Å². The molecule has 2 rings (SSSR count). The van der Waals surface area contributed by atoms with Gasteiger partial charge in [0.05, 0.1) is 19.4 Å². The van der Waals surface area contributed by atoms with Gasteiger partial charge in [-0.25, -0.2) is 9.37 Å². The molecule has 2 heterocycles. The molecule has 1 aromatic rings. The van der Waals surface area contributed by atoms with Crippen molar-refractivity contribution in [1.29, 1.82) is 0 Å². The van der Waals surface area contributed by atoms with Crippen LogP contribution in [0, 0.1) is 5.82 Å². The zero-order chi connectivity index (χ0) is 16.1. The number of pyridine rings is 1. The van der Waals surface area contributed by atoms with E-state index in [0.29, 0.717) is 18.7 Å². The van der Waals surface area contributed by atoms with Crippen LogP contribution in [0.5, 0.6) is 5.75 Å². The fourth-order valence-electron chi connectivity index (χ4n) is 2.78. The Morgan fingerprint density at radius 2 is 2.23 bits per heavy atom. The lowest BCUT2D eigenvalue weighted by atomic mass is 9.96. The highest BCUT2D eigenvalue weighted by Gasteiger charge is 2.31. The van der Waals surface area contributed by atoms with E-state index >= 15 is 0 Å². The van der Waals surface area contributed by atoms with Gasteiger partial charge in [-0.3, -0.25) is 4.79 Å². The minimum Gasteiger partial charge on any atom is -0.493 e. The lowest BCUT2D eigenvalue weighted by Gasteiger charge is -2.23. The molecule has 0 aliphatic carbocycles. The van der Waals surface area contributed by atoms with Crippen molar-refractivity contribution in [3.63, 3.8) is 0 Å². The number of rotatable bonds is 6. The zero-order valence-electron chi connectivity index (χ0n) is 13.4. The van der Waals surface area contributed by atoms with E-state index in [-0.39, 0.29) is 18.1 Å². The SMILES string of the molecule is CCCC(C(=O)OCC)c1nc2c(c(OC)c1F)CCCN2. The zero-order valence-corrected chi connectivity index (χ0v) is 13.4. The number of hydrogen-bond donors (Lipinski definition) is 1. The van der Waals surface area contributed by atoms with E-state index < -0.39 is 17.7 Å². The summed E-state index contributed by atoms with van der Waals surface area (Å²) in [7, 11) is 1.44. The highest BCUT2D eigenvalue weighted by Crippen LogP contribution is 2.37. The van der Waals surface area contributed by atoms with E-state index in [1.165, 1.54) is 7.11 Å². The van der Waals surface area contributed by atoms with E-state index in [2.05, 4.69) is 10.3 Å². The highest BCUT2D eigenvalue weighted by molar-refractivity contribution is 5.78. The summed E-state index contributed by atoms with van der Waals surface area (Å²) in [4.78, 5) is 16.5. The van der Waals surface area contributed by atoms with Crippen LogP contribution in [0.2, 0.25) is 0 Å². The summed E-state index contributed by atoms with van der Waals surface area (Å²) in [5, 5.41) is 3.16. The van der Waals surface area contributed by atoms with Crippen LogP contribution in [0.4, 0.5) is 10.2 Å². The molecule has 1 aromatic heterocycles. The van der Waals surface area contributed by atoms with E-state index in [0.717, 1.165) is 24.9 Å². The Labute approximate surface area is 130 Å². The van der Waals surface area contributed by atoms with Gasteiger partial charge in [0.2, 0.25) is 0 Å². The van der Waals surface area contributed by atoms with Gasteiger partial charge in [0.25, 0.3) is 0 Å². The number of aromatic nitrogens is 1. The van der Waals surface area contributed by atoms with Gasteiger partial charge in [-0.15, -0.1) is 0 Å². The molecule has 0 radical (unpaired) electrons. The number of ether oxygens (including phenoxy) is 2. The van der Waals surface area contributed by atoms with Crippen molar-refractivity contribution >= 4 is 11.8 Å². The molecule has 1 atom stereocenters. The van der Waals surface area contributed by atoms with Gasteiger partial charge in [-0.05, 0) is 26.2 Å². The number of nitrogens with one attached hydrogen (secondary N) is 1. The molecule has 0 saturated carbocycles. The Hall–Kier alpha value is -1.85. The molecular formula is C16H23FN2O3. The normalized spacial score (nSPS) is 14.7. The van der Waals surface area contributed by atoms with E-state index in [4.69, 9.17) is 9.47 Å². The lowest BCUT2D eigenvalue weighted by Crippen LogP contribution is -2.22. The first-order valence-electron chi connectivity index (χ1n) is 7.80. The van der Waals surface area contributed by atoms with Gasteiger partial charge < -0.3 is 14.8 Å². The number of fused-ring (bicyclic) bond motifs is 1. The number of carbonyl (C=O) groups excluding carboxylic acids is 1. The number of anilines is 1. The molecule has 1 unspecified atom stereocenters. The first-order chi connectivity index (χ1) is 10.6. The lowest BCUT2D eigenvalue weighted by molar-refractivity contribution is -0.145. The summed E-state index contributed by atoms with van der Waals surface area (Å²) in [6.45, 7) is 4.73. The van der Waals surface area contributed by atoms with E-state index in [9.17, 15) is 9.18 Å². The number of carbonyl (C=O) groups is 1. The number of nitrogens with zero attached hydrogens (tertiary/aromatic N) is 1. The quantitative estimate of drug-likeness (QED) is 0.818. The molecule has 5 nitrogen and oxygen atoms in total. The standard InChI is InChI=1S/C16H23FN2O3/c1-4-7-10(16(20)22-5-2)13-12(17)14(21-3)11-8-6-9-18-15(11)19-13/h10H,4-9H2,1-3H3,(H,18,19). The minimum atomic E-state index is -0.701. The molecule has 0 saturated heterocycles. The fourth-order valence-corrected chi connectivity index (χ4v) is 2.78. The Morgan fingerprint density at radius 3 is 2.86 bits per heavy atom. The molecule has 0 spiro atoms. The summed E-state index contributed by atoms with van der Waals surface area (Å²) in [6, 6.07) is 0. The van der Waals surface area contributed by atoms with Crippen LogP contribution < -0.4 is 10.1 Å². The first kappa shape index (κ1) is 16.5. The maximum atomic E-state index is 14.8. The largest absolute Gasteiger partial charge is 0.493 e. The second kappa shape index (κ2) is 7.42. The third-order valence-electron chi connectivity index (χ3n) is 3.80. The maximum absolute atomic E-state index is 14.8. The molecule has 122 valence electrons. The molecule has 0 fully saturated rings. The molecule has 1 N–H and O–H groups in total. The van der Waals surface area contributed by atoms with Crippen molar-refractivity contribution in [3.05, 3.63) is 17.1 Å². The number of hydrogen-bond acceptors (Lipinski definition) is 5. The van der Waals surface area contributed by atoms with Crippen LogP contribution in [-0.2, 0) is 16.0 Å². The maximum Gasteiger partial charge on any atom is 0.315 e. The van der Waals surface area contributed by atoms with Crippen LogP contribution in [0.15, 0.2) is 0 Å². The average molecular weight is 310 g/mol. The summed E-state index contributed by atoms with van der Waals surface area (Å²) >= 11 is 0. The highest BCUT2D eigenvalue weighted by atomic mass is 19.1. The molecule has 6 heteroatoms. The van der Waals surface area contributed by atoms with Crippen molar-refractivity contribution < 1.29 is 18.7 Å². The topological polar surface area (TPSA) is 60.5 Å². The van der Waals surface area contributed by atoms with Crippen LogP contribution in [0.25, 0.3) is 0 Å². The second-order valence-corrected chi connectivity index (χ2v) is 5.30. The number of methoxy groups -OCH3 is 1. The van der Waals surface area contributed by atoms with Crippen LogP contribution in [0.3, 0.4) is 0 Å². The minimum absolute atomic E-state index is 0.116. The predicted molar refractivity (Wildman–Crippen MR) is 81.8 cm³/mol. The third-order valence-corrected chi connectivity index (χ3v) is 3.80. The Balaban J connectivity index is 2.50. The van der Waals surface area contributed by atoms with Gasteiger partial charge in [-0.1, -0.05) is 13.3 Å². The average Bonchev–Trinajstić information content (AvgIpc) is 2.52. The van der Waals surface area contributed by atoms with Gasteiger partial charge in [0.15, 0.2) is 11.6 Å². The van der Waals surface area contributed by atoms with Crippen molar-refractivity contribution in [2.45, 2.75) is 45.4 Å². The smallest absolute Gasteiger partial charge is 0.315 e. The van der Waals surface area contributed by atoms with E-state index in [1.54, 1.807) is 6.92 Å². The molecule has 1 aliphatic heterocycles. The van der Waals surface area contributed by atoms with Crippen molar-refractivity contribution in [1.82, 2.24) is 4.98 Å². The summed E-state index contributed by atoms with van der Waals surface area (Å²) in [5.74, 6) is -0.875. The predicted octanol–water partition coefficient (Wildman–Crippen LogP) is 3.03. The van der Waals surface area contributed by atoms with Crippen molar-refractivity contribution in [3.8, 4) is 5.75 Å². The molecule has 0 amide bonds. The van der Waals surface area contributed by atoms with Gasteiger partial charge in [0, 0.05) is 12.1 Å². The Kier molecular flexibility index (Phi) is 5.57. The van der Waals surface area contributed by atoms with Crippen molar-refractivity contribution in [2.24, 2.45) is 0 Å². The van der Waals surface area contributed by atoms with Crippen molar-refractivity contribution in [2.75, 3.05) is 25.6 Å². The van der Waals surface area contributed by atoms with E-state index in [1.807, 2.05) is 6.92 Å². The summed E-state index contributed by atoms with van der Waals surface area (Å²) < 4.78 is 25.1. The van der Waals surface area contributed by atoms with Gasteiger partial charge >= 0.3 is 5.97 Å². The van der Waals surface area contributed by atoms with Gasteiger partial charge in [0.1, 0.15) is 11.7 Å². The van der Waals surface area contributed by atoms with Crippen LogP contribution >= 0.6 is 0 Å². The first-order valence-corrected chi connectivity index (χ1v) is 7.80. The molecule has 0 bridgehead atoms. The summed E-state index contributed by atoms with van der Waals surface area (Å²) in [6.07, 6.45) is 2.84. The number of esters is 1. The molecule has 22 heavy (non-hydrogen) atoms. The fraction of sp³-hybridized carbons (Fsp3) is 0.625. The Morgan fingerprint density at radius 1 is 1.45 bits per heavy atom. The number of halogens is 1. The molecule has 1 aliphatic rings.